The number of hydrazine groups is 1. The summed E-state index contributed by atoms with van der Waals surface area (Å²) in [6.07, 6.45) is 7.78. The molecule has 2 saturated carbocycles. The Morgan fingerprint density at radius 2 is 2.00 bits per heavy atom. The van der Waals surface area contributed by atoms with Crippen molar-refractivity contribution in [1.82, 2.24) is 15.6 Å². The minimum atomic E-state index is 0.478. The smallest absolute Gasteiger partial charge is 0.206 e. The second kappa shape index (κ2) is 6.38. The van der Waals surface area contributed by atoms with Gasteiger partial charge in [-0.25, -0.2) is 5.84 Å². The molecule has 18 heavy (non-hydrogen) atoms. The molecule has 2 fully saturated rings. The number of rotatable bonds is 5. The summed E-state index contributed by atoms with van der Waals surface area (Å²) in [4.78, 5) is 6.99. The molecule has 0 saturated heterocycles. The summed E-state index contributed by atoms with van der Waals surface area (Å²) in [6.45, 7) is 3.03. The lowest BCUT2D eigenvalue weighted by Gasteiger charge is -2.23. The van der Waals surface area contributed by atoms with Gasteiger partial charge in [-0.05, 0) is 39.7 Å². The van der Waals surface area contributed by atoms with Crippen LogP contribution in [0.4, 0.5) is 0 Å². The summed E-state index contributed by atoms with van der Waals surface area (Å²) in [5, 5.41) is 3.40. The first-order valence-corrected chi connectivity index (χ1v) is 7.20. The maximum Gasteiger partial charge on any atom is 0.206 e. The van der Waals surface area contributed by atoms with Crippen molar-refractivity contribution in [3.63, 3.8) is 0 Å². The van der Waals surface area contributed by atoms with E-state index in [4.69, 9.17) is 5.84 Å². The fraction of sp³-hybridized carbons (Fsp3) is 0.923. The predicted octanol–water partition coefficient (Wildman–Crippen LogP) is 0.821. The average molecular weight is 253 g/mol. The first kappa shape index (κ1) is 13.6. The van der Waals surface area contributed by atoms with E-state index in [1.54, 1.807) is 0 Å². The molecular formula is C13H27N5. The molecule has 4 N–H and O–H groups in total. The van der Waals surface area contributed by atoms with Gasteiger partial charge in [0.05, 0.1) is 6.54 Å². The maximum atomic E-state index is 5.53. The summed E-state index contributed by atoms with van der Waals surface area (Å²) < 4.78 is 0. The van der Waals surface area contributed by atoms with E-state index in [0.717, 1.165) is 18.5 Å². The van der Waals surface area contributed by atoms with E-state index in [1.807, 2.05) is 0 Å². The number of likely N-dealkylation sites (N-methyl/N-ethyl adjacent to an activating group) is 1. The first-order valence-electron chi connectivity index (χ1n) is 7.20. The fourth-order valence-corrected chi connectivity index (χ4v) is 2.59. The highest BCUT2D eigenvalue weighted by Crippen LogP contribution is 2.26. The molecule has 0 radical (unpaired) electrons. The van der Waals surface area contributed by atoms with Gasteiger partial charge >= 0.3 is 0 Å². The van der Waals surface area contributed by atoms with Gasteiger partial charge in [-0.3, -0.25) is 15.3 Å². The van der Waals surface area contributed by atoms with Crippen LogP contribution in [0.2, 0.25) is 0 Å². The highest BCUT2D eigenvalue weighted by Gasteiger charge is 2.28. The standard InChI is InChI=1S/C13H27N5/c1-10(18(2)12-7-8-12)9-15-13(17-14)16-11-5-3-4-6-11/h10-12H,3-9,14H2,1-2H3,(H2,15,16,17). The van der Waals surface area contributed by atoms with Crippen LogP contribution < -0.4 is 16.6 Å². The number of nitrogens with zero attached hydrogens (tertiary/aromatic N) is 2. The lowest BCUT2D eigenvalue weighted by Crippen LogP contribution is -2.46. The Morgan fingerprint density at radius 3 is 2.56 bits per heavy atom. The van der Waals surface area contributed by atoms with E-state index in [-0.39, 0.29) is 0 Å². The fourth-order valence-electron chi connectivity index (χ4n) is 2.59. The third-order valence-electron chi connectivity index (χ3n) is 4.16. The van der Waals surface area contributed by atoms with Crippen molar-refractivity contribution in [2.45, 2.75) is 63.6 Å². The summed E-state index contributed by atoms with van der Waals surface area (Å²) in [7, 11) is 2.19. The van der Waals surface area contributed by atoms with Crippen molar-refractivity contribution in [3.8, 4) is 0 Å². The van der Waals surface area contributed by atoms with Crippen LogP contribution in [-0.4, -0.2) is 42.6 Å². The molecule has 0 bridgehead atoms. The Bertz CT molecular complexity index is 281. The maximum absolute atomic E-state index is 5.53. The van der Waals surface area contributed by atoms with Crippen LogP contribution in [0.5, 0.6) is 0 Å². The van der Waals surface area contributed by atoms with Crippen LogP contribution in [0.3, 0.4) is 0 Å². The number of nitrogens with one attached hydrogen (secondary N) is 2. The van der Waals surface area contributed by atoms with Crippen molar-refractivity contribution in [3.05, 3.63) is 0 Å². The molecule has 1 unspecified atom stereocenters. The molecule has 0 aromatic carbocycles. The van der Waals surface area contributed by atoms with E-state index < -0.39 is 0 Å². The van der Waals surface area contributed by atoms with Crippen molar-refractivity contribution in [1.29, 1.82) is 0 Å². The highest BCUT2D eigenvalue weighted by atomic mass is 15.3. The molecule has 2 rings (SSSR count). The van der Waals surface area contributed by atoms with E-state index in [0.29, 0.717) is 12.1 Å². The topological polar surface area (TPSA) is 65.7 Å². The van der Waals surface area contributed by atoms with Crippen LogP contribution in [0.1, 0.15) is 45.4 Å². The summed E-state index contributed by atoms with van der Waals surface area (Å²) in [6, 6.07) is 1.81. The zero-order valence-electron chi connectivity index (χ0n) is 11.7. The Labute approximate surface area is 110 Å². The molecule has 0 spiro atoms. The van der Waals surface area contributed by atoms with Gasteiger partial charge in [0.2, 0.25) is 5.96 Å². The summed E-state index contributed by atoms with van der Waals surface area (Å²) >= 11 is 0. The van der Waals surface area contributed by atoms with Crippen molar-refractivity contribution >= 4 is 5.96 Å². The zero-order chi connectivity index (χ0) is 13.0. The summed E-state index contributed by atoms with van der Waals surface area (Å²) in [5.74, 6) is 6.28. The quantitative estimate of drug-likeness (QED) is 0.294. The van der Waals surface area contributed by atoms with Gasteiger partial charge in [-0.1, -0.05) is 12.8 Å². The third kappa shape index (κ3) is 3.85. The van der Waals surface area contributed by atoms with Crippen molar-refractivity contribution in [2.75, 3.05) is 13.6 Å². The molecule has 2 aliphatic carbocycles. The van der Waals surface area contributed by atoms with Crippen molar-refractivity contribution < 1.29 is 0 Å². The van der Waals surface area contributed by atoms with Crippen LogP contribution >= 0.6 is 0 Å². The van der Waals surface area contributed by atoms with Crippen LogP contribution in [-0.2, 0) is 0 Å². The minimum Gasteiger partial charge on any atom is -0.353 e. The number of aliphatic imine (C=N–C) groups is 1. The molecule has 104 valence electrons. The van der Waals surface area contributed by atoms with E-state index >= 15 is 0 Å². The van der Waals surface area contributed by atoms with Gasteiger partial charge in [0.15, 0.2) is 0 Å². The molecule has 0 aromatic heterocycles. The summed E-state index contributed by atoms with van der Waals surface area (Å²) in [5.41, 5.74) is 2.69. The average Bonchev–Trinajstić information content (AvgIpc) is 3.11. The Hall–Kier alpha value is -0.810. The van der Waals surface area contributed by atoms with Crippen LogP contribution in [0, 0.1) is 0 Å². The molecule has 0 amide bonds. The SMILES string of the molecule is CC(CN=C(NN)NC1CCCC1)N(C)C1CC1. The second-order valence-electron chi connectivity index (χ2n) is 5.71. The van der Waals surface area contributed by atoms with E-state index in [9.17, 15) is 0 Å². The van der Waals surface area contributed by atoms with Crippen molar-refractivity contribution in [2.24, 2.45) is 10.8 Å². The van der Waals surface area contributed by atoms with E-state index in [2.05, 4.69) is 34.6 Å². The molecule has 0 aromatic rings. The number of guanidine groups is 1. The molecule has 2 aliphatic rings. The highest BCUT2D eigenvalue weighted by molar-refractivity contribution is 5.79. The molecular weight excluding hydrogens is 226 g/mol. The number of hydrogen-bond donors (Lipinski definition) is 3. The Kier molecular flexibility index (Phi) is 4.83. The van der Waals surface area contributed by atoms with Gasteiger partial charge in [0.1, 0.15) is 0 Å². The molecule has 0 aliphatic heterocycles. The second-order valence-corrected chi connectivity index (χ2v) is 5.71. The van der Waals surface area contributed by atoms with Gasteiger partial charge in [0, 0.05) is 18.1 Å². The minimum absolute atomic E-state index is 0.478. The first-order chi connectivity index (χ1) is 8.70. The molecule has 1 atom stereocenters. The van der Waals surface area contributed by atoms with Gasteiger partial charge in [-0.15, -0.1) is 0 Å². The van der Waals surface area contributed by atoms with Gasteiger partial charge < -0.3 is 5.32 Å². The number of hydrogen-bond acceptors (Lipinski definition) is 3. The predicted molar refractivity (Wildman–Crippen MR) is 75.3 cm³/mol. The lowest BCUT2D eigenvalue weighted by molar-refractivity contribution is 0.253. The van der Waals surface area contributed by atoms with Gasteiger partial charge in [0.25, 0.3) is 0 Å². The normalized spacial score (nSPS) is 23.4. The molecule has 0 heterocycles. The number of nitrogens with two attached hydrogens (primary N) is 1. The Balaban J connectivity index is 1.76. The van der Waals surface area contributed by atoms with Crippen LogP contribution in [0.15, 0.2) is 4.99 Å². The van der Waals surface area contributed by atoms with Crippen LogP contribution in [0.25, 0.3) is 0 Å². The zero-order valence-corrected chi connectivity index (χ0v) is 11.7. The largest absolute Gasteiger partial charge is 0.353 e. The van der Waals surface area contributed by atoms with Gasteiger partial charge in [-0.2, -0.15) is 0 Å². The molecule has 5 nitrogen and oxygen atoms in total. The Morgan fingerprint density at radius 1 is 1.33 bits per heavy atom. The lowest BCUT2D eigenvalue weighted by atomic mass is 10.2. The molecule has 5 heteroatoms. The van der Waals surface area contributed by atoms with E-state index in [1.165, 1.54) is 38.5 Å². The monoisotopic (exact) mass is 253 g/mol. The third-order valence-corrected chi connectivity index (χ3v) is 4.16.